The zero-order valence-electron chi connectivity index (χ0n) is 11.2. The minimum absolute atomic E-state index is 0.0584. The molecule has 0 heterocycles. The second-order valence-corrected chi connectivity index (χ2v) is 4.46. The maximum absolute atomic E-state index is 10.8. The molecule has 0 aliphatic rings. The zero-order chi connectivity index (χ0) is 14.3. The molecule has 1 aromatic carbocycles. The number of para-hydroxylation sites is 1. The van der Waals surface area contributed by atoms with Crippen LogP contribution in [0.5, 0.6) is 0 Å². The molecule has 0 spiro atoms. The maximum atomic E-state index is 10.8. The number of nitro groups is 1. The molecular formula is C13H21N3O3. The lowest BCUT2D eigenvalue weighted by molar-refractivity contribution is -0.384. The van der Waals surface area contributed by atoms with Crippen molar-refractivity contribution in [1.29, 1.82) is 0 Å². The summed E-state index contributed by atoms with van der Waals surface area (Å²) in [6.07, 6.45) is 2.08. The molecule has 106 valence electrons. The monoisotopic (exact) mass is 267 g/mol. The fourth-order valence-corrected chi connectivity index (χ4v) is 1.93. The van der Waals surface area contributed by atoms with Gasteiger partial charge in [0.05, 0.1) is 11.5 Å². The first kappa shape index (κ1) is 15.4. The summed E-state index contributed by atoms with van der Waals surface area (Å²) in [6, 6.07) is 4.83. The summed E-state index contributed by atoms with van der Waals surface area (Å²) >= 11 is 0. The van der Waals surface area contributed by atoms with Gasteiger partial charge in [-0.1, -0.05) is 25.5 Å². The minimum atomic E-state index is -0.471. The third kappa shape index (κ3) is 4.50. The predicted molar refractivity (Wildman–Crippen MR) is 74.8 cm³/mol. The van der Waals surface area contributed by atoms with Gasteiger partial charge < -0.3 is 10.8 Å². The number of hydrogen-bond acceptors (Lipinski definition) is 5. The van der Waals surface area contributed by atoms with Crippen molar-refractivity contribution in [1.82, 2.24) is 4.90 Å². The van der Waals surface area contributed by atoms with Crippen LogP contribution < -0.4 is 5.73 Å². The number of nitrogens with two attached hydrogens (primary N) is 1. The Hall–Kier alpha value is -1.66. The van der Waals surface area contributed by atoms with Crippen LogP contribution in [-0.2, 0) is 6.54 Å². The van der Waals surface area contributed by atoms with Crippen molar-refractivity contribution in [2.24, 2.45) is 0 Å². The first-order valence-electron chi connectivity index (χ1n) is 6.45. The minimum Gasteiger partial charge on any atom is -0.395 e. The molecule has 6 nitrogen and oxygen atoms in total. The van der Waals surface area contributed by atoms with Gasteiger partial charge in [0.25, 0.3) is 5.69 Å². The number of nitrogens with zero attached hydrogens (tertiary/aromatic N) is 2. The van der Waals surface area contributed by atoms with E-state index in [1.807, 2.05) is 0 Å². The lowest BCUT2D eigenvalue weighted by atomic mass is 10.1. The largest absolute Gasteiger partial charge is 0.395 e. The van der Waals surface area contributed by atoms with Crippen LogP contribution in [0.15, 0.2) is 18.2 Å². The Bertz CT molecular complexity index is 424. The highest BCUT2D eigenvalue weighted by Crippen LogP contribution is 2.25. The fourth-order valence-electron chi connectivity index (χ4n) is 1.93. The van der Waals surface area contributed by atoms with Crippen LogP contribution in [0, 0.1) is 10.1 Å². The van der Waals surface area contributed by atoms with Crippen LogP contribution in [0.25, 0.3) is 0 Å². The molecule has 0 saturated heterocycles. The van der Waals surface area contributed by atoms with Crippen molar-refractivity contribution in [3.05, 3.63) is 33.9 Å². The van der Waals surface area contributed by atoms with Crippen molar-refractivity contribution in [2.75, 3.05) is 25.4 Å². The fraction of sp³-hybridized carbons (Fsp3) is 0.538. The third-order valence-electron chi connectivity index (χ3n) is 3.01. The summed E-state index contributed by atoms with van der Waals surface area (Å²) in [6.45, 7) is 4.08. The molecule has 0 radical (unpaired) electrons. The molecule has 0 atom stereocenters. The molecule has 0 aliphatic heterocycles. The summed E-state index contributed by atoms with van der Waals surface area (Å²) in [5, 5.41) is 19.9. The van der Waals surface area contributed by atoms with E-state index >= 15 is 0 Å². The van der Waals surface area contributed by atoms with Crippen molar-refractivity contribution >= 4 is 11.4 Å². The molecule has 19 heavy (non-hydrogen) atoms. The second-order valence-electron chi connectivity index (χ2n) is 4.46. The van der Waals surface area contributed by atoms with Gasteiger partial charge in [-0.3, -0.25) is 15.0 Å². The normalized spacial score (nSPS) is 10.9. The number of nitrogen functional groups attached to an aromatic ring is 1. The SMILES string of the molecule is CCCCN(CCO)Cc1cccc([N+](=O)[O-])c1N. The van der Waals surface area contributed by atoms with Gasteiger partial charge in [0.1, 0.15) is 5.69 Å². The second kappa shape index (κ2) is 7.70. The molecule has 6 heteroatoms. The summed E-state index contributed by atoms with van der Waals surface area (Å²) in [4.78, 5) is 12.4. The smallest absolute Gasteiger partial charge is 0.292 e. The van der Waals surface area contributed by atoms with Gasteiger partial charge in [0, 0.05) is 19.2 Å². The van der Waals surface area contributed by atoms with E-state index in [4.69, 9.17) is 10.8 Å². The molecule has 1 aromatic rings. The Morgan fingerprint density at radius 2 is 2.16 bits per heavy atom. The van der Waals surface area contributed by atoms with Gasteiger partial charge in [-0.15, -0.1) is 0 Å². The molecule has 0 unspecified atom stereocenters. The van der Waals surface area contributed by atoms with Gasteiger partial charge in [0.15, 0.2) is 0 Å². The number of aliphatic hydroxyl groups is 1. The van der Waals surface area contributed by atoms with Crippen molar-refractivity contribution < 1.29 is 10.0 Å². The molecule has 0 fully saturated rings. The van der Waals surface area contributed by atoms with Gasteiger partial charge in [-0.25, -0.2) is 0 Å². The van der Waals surface area contributed by atoms with Crippen LogP contribution in [0.3, 0.4) is 0 Å². The Labute approximate surface area is 113 Å². The summed E-state index contributed by atoms with van der Waals surface area (Å²) in [7, 11) is 0. The average Bonchev–Trinajstić information content (AvgIpc) is 2.38. The third-order valence-corrected chi connectivity index (χ3v) is 3.01. The summed E-state index contributed by atoms with van der Waals surface area (Å²) < 4.78 is 0. The highest BCUT2D eigenvalue weighted by molar-refractivity contribution is 5.62. The van der Waals surface area contributed by atoms with E-state index in [-0.39, 0.29) is 18.0 Å². The average molecular weight is 267 g/mol. The number of rotatable bonds is 8. The molecule has 0 aliphatic carbocycles. The molecule has 0 saturated carbocycles. The molecule has 1 rings (SSSR count). The quantitative estimate of drug-likeness (QED) is 0.425. The maximum Gasteiger partial charge on any atom is 0.292 e. The standard InChI is InChI=1S/C13H21N3O3/c1-2-3-7-15(8-9-17)10-11-5-4-6-12(13(11)14)16(18)19/h4-6,17H,2-3,7-10,14H2,1H3. The molecule has 0 amide bonds. The number of hydrogen-bond donors (Lipinski definition) is 2. The Balaban J connectivity index is 2.83. The van der Waals surface area contributed by atoms with Crippen LogP contribution >= 0.6 is 0 Å². The van der Waals surface area contributed by atoms with Crippen LogP contribution in [0.1, 0.15) is 25.3 Å². The lowest BCUT2D eigenvalue weighted by Crippen LogP contribution is -2.28. The molecule has 0 bridgehead atoms. The molecule has 3 N–H and O–H groups in total. The number of aliphatic hydroxyl groups excluding tert-OH is 1. The van der Waals surface area contributed by atoms with Crippen molar-refractivity contribution in [2.45, 2.75) is 26.3 Å². The topological polar surface area (TPSA) is 92.6 Å². The Kier molecular flexibility index (Phi) is 6.24. The Morgan fingerprint density at radius 3 is 2.74 bits per heavy atom. The Morgan fingerprint density at radius 1 is 1.42 bits per heavy atom. The highest BCUT2D eigenvalue weighted by atomic mass is 16.6. The van der Waals surface area contributed by atoms with E-state index in [1.165, 1.54) is 6.07 Å². The van der Waals surface area contributed by atoms with Crippen molar-refractivity contribution in [3.8, 4) is 0 Å². The molecule has 0 aromatic heterocycles. The van der Waals surface area contributed by atoms with E-state index in [0.717, 1.165) is 24.9 Å². The highest BCUT2D eigenvalue weighted by Gasteiger charge is 2.16. The van der Waals surface area contributed by atoms with E-state index in [9.17, 15) is 10.1 Å². The first-order chi connectivity index (χ1) is 9.10. The van der Waals surface area contributed by atoms with Crippen LogP contribution in [0.4, 0.5) is 11.4 Å². The summed E-state index contributed by atoms with van der Waals surface area (Å²) in [5.74, 6) is 0. The summed E-state index contributed by atoms with van der Waals surface area (Å²) in [5.41, 5.74) is 6.72. The lowest BCUT2D eigenvalue weighted by Gasteiger charge is -2.21. The number of nitro benzene ring substituents is 1. The van der Waals surface area contributed by atoms with Gasteiger partial charge >= 0.3 is 0 Å². The molecular weight excluding hydrogens is 246 g/mol. The number of anilines is 1. The number of unbranched alkanes of at least 4 members (excludes halogenated alkanes) is 1. The number of benzene rings is 1. The van der Waals surface area contributed by atoms with Gasteiger partial charge in [-0.05, 0) is 18.5 Å². The van der Waals surface area contributed by atoms with Gasteiger partial charge in [0.2, 0.25) is 0 Å². The zero-order valence-corrected chi connectivity index (χ0v) is 11.2. The van der Waals surface area contributed by atoms with E-state index in [1.54, 1.807) is 12.1 Å². The van der Waals surface area contributed by atoms with E-state index < -0.39 is 4.92 Å². The van der Waals surface area contributed by atoms with Crippen LogP contribution in [0.2, 0.25) is 0 Å². The first-order valence-corrected chi connectivity index (χ1v) is 6.45. The van der Waals surface area contributed by atoms with E-state index in [2.05, 4.69) is 11.8 Å². The van der Waals surface area contributed by atoms with Gasteiger partial charge in [-0.2, -0.15) is 0 Å². The van der Waals surface area contributed by atoms with Crippen LogP contribution in [-0.4, -0.2) is 34.6 Å². The van der Waals surface area contributed by atoms with E-state index in [0.29, 0.717) is 13.1 Å². The predicted octanol–water partition coefficient (Wildman–Crippen LogP) is 1.77. The van der Waals surface area contributed by atoms with Crippen molar-refractivity contribution in [3.63, 3.8) is 0 Å².